The number of rotatable bonds is 3. The number of amides is 1. The molecule has 0 rings (SSSR count). The second kappa shape index (κ2) is 5.55. The van der Waals surface area contributed by atoms with Crippen molar-refractivity contribution < 1.29 is 9.53 Å². The van der Waals surface area contributed by atoms with Crippen LogP contribution in [0.25, 0.3) is 0 Å². The van der Waals surface area contributed by atoms with Gasteiger partial charge >= 0.3 is 6.09 Å². The fourth-order valence-corrected chi connectivity index (χ4v) is 1.46. The van der Waals surface area contributed by atoms with Crippen LogP contribution < -0.4 is 5.32 Å². The van der Waals surface area contributed by atoms with E-state index < -0.39 is 5.60 Å². The average Bonchev–Trinajstić information content (AvgIpc) is 1.97. The monoisotopic (exact) mass is 229 g/mol. The van der Waals surface area contributed by atoms with Crippen LogP contribution in [0.5, 0.6) is 0 Å². The van der Waals surface area contributed by atoms with Crippen molar-refractivity contribution in [3.05, 3.63) is 0 Å². The van der Waals surface area contributed by atoms with Gasteiger partial charge in [-0.15, -0.1) is 0 Å². The van der Waals surface area contributed by atoms with E-state index in [4.69, 9.17) is 4.74 Å². The number of ether oxygens (including phenoxy) is 1. The Hall–Kier alpha value is -0.730. The van der Waals surface area contributed by atoms with Crippen LogP contribution in [0, 0.1) is 5.41 Å². The first-order valence-electron chi connectivity index (χ1n) is 6.06. The van der Waals surface area contributed by atoms with Gasteiger partial charge in [-0.3, -0.25) is 0 Å². The van der Waals surface area contributed by atoms with Crippen LogP contribution in [0.15, 0.2) is 0 Å². The van der Waals surface area contributed by atoms with Gasteiger partial charge in [0.25, 0.3) is 0 Å². The largest absolute Gasteiger partial charge is 0.444 e. The Morgan fingerprint density at radius 2 is 1.69 bits per heavy atom. The van der Waals surface area contributed by atoms with E-state index in [0.29, 0.717) is 0 Å². The molecule has 0 aliphatic heterocycles. The maximum absolute atomic E-state index is 11.7. The molecule has 0 aromatic rings. The third kappa shape index (κ3) is 6.70. The van der Waals surface area contributed by atoms with E-state index in [0.717, 1.165) is 12.8 Å². The summed E-state index contributed by atoms with van der Waals surface area (Å²) < 4.78 is 5.26. The molecule has 1 atom stereocenters. The summed E-state index contributed by atoms with van der Waals surface area (Å²) in [6, 6.07) is 0.160. The highest BCUT2D eigenvalue weighted by Crippen LogP contribution is 2.23. The summed E-state index contributed by atoms with van der Waals surface area (Å²) in [6.45, 7) is 14.1. The first-order valence-corrected chi connectivity index (χ1v) is 6.06. The van der Waals surface area contributed by atoms with Gasteiger partial charge in [0, 0.05) is 6.04 Å². The van der Waals surface area contributed by atoms with Crippen molar-refractivity contribution in [2.45, 2.75) is 73.0 Å². The van der Waals surface area contributed by atoms with Gasteiger partial charge in [0.1, 0.15) is 5.60 Å². The van der Waals surface area contributed by atoms with Gasteiger partial charge in [-0.1, -0.05) is 34.1 Å². The van der Waals surface area contributed by atoms with Crippen LogP contribution in [0.3, 0.4) is 0 Å². The smallest absolute Gasteiger partial charge is 0.407 e. The van der Waals surface area contributed by atoms with Crippen molar-refractivity contribution in [3.63, 3.8) is 0 Å². The molecule has 3 heteroatoms. The molecule has 0 aliphatic carbocycles. The Kier molecular flexibility index (Phi) is 5.30. The summed E-state index contributed by atoms with van der Waals surface area (Å²) in [6.07, 6.45) is 1.71. The van der Waals surface area contributed by atoms with Crippen LogP contribution in [-0.4, -0.2) is 17.7 Å². The molecule has 0 spiro atoms. The van der Waals surface area contributed by atoms with Gasteiger partial charge in [0.15, 0.2) is 0 Å². The number of hydrogen-bond donors (Lipinski definition) is 1. The van der Waals surface area contributed by atoms with E-state index in [1.807, 2.05) is 20.8 Å². The number of carbonyl (C=O) groups excluding carboxylic acids is 1. The van der Waals surface area contributed by atoms with Crippen molar-refractivity contribution in [2.75, 3.05) is 0 Å². The minimum atomic E-state index is -0.432. The molecule has 0 fully saturated rings. The second-order valence-corrected chi connectivity index (χ2v) is 6.35. The van der Waals surface area contributed by atoms with Crippen molar-refractivity contribution >= 4 is 6.09 Å². The van der Waals surface area contributed by atoms with E-state index in [1.165, 1.54) is 0 Å². The maximum Gasteiger partial charge on any atom is 0.407 e. The van der Waals surface area contributed by atoms with Crippen LogP contribution in [-0.2, 0) is 4.74 Å². The van der Waals surface area contributed by atoms with E-state index in [9.17, 15) is 4.79 Å². The normalized spacial score (nSPS) is 14.4. The summed E-state index contributed by atoms with van der Waals surface area (Å²) in [5, 5.41) is 2.95. The lowest BCUT2D eigenvalue weighted by Crippen LogP contribution is -2.45. The van der Waals surface area contributed by atoms with E-state index in [2.05, 4.69) is 33.0 Å². The molecule has 0 saturated heterocycles. The van der Waals surface area contributed by atoms with Crippen molar-refractivity contribution in [2.24, 2.45) is 5.41 Å². The molecule has 0 aromatic carbocycles. The molecule has 1 amide bonds. The zero-order valence-electron chi connectivity index (χ0n) is 11.8. The van der Waals surface area contributed by atoms with E-state index in [1.54, 1.807) is 0 Å². The Balaban J connectivity index is 4.36. The average molecular weight is 229 g/mol. The highest BCUT2D eigenvalue weighted by Gasteiger charge is 2.27. The zero-order valence-corrected chi connectivity index (χ0v) is 11.8. The van der Waals surface area contributed by atoms with Gasteiger partial charge in [-0.05, 0) is 32.6 Å². The van der Waals surface area contributed by atoms with Crippen LogP contribution in [0.1, 0.15) is 61.3 Å². The van der Waals surface area contributed by atoms with Crippen molar-refractivity contribution in [1.29, 1.82) is 0 Å². The Labute approximate surface area is 99.9 Å². The first-order chi connectivity index (χ1) is 7.06. The minimum Gasteiger partial charge on any atom is -0.444 e. The lowest BCUT2D eigenvalue weighted by Gasteiger charge is -2.32. The summed E-state index contributed by atoms with van der Waals surface area (Å²) >= 11 is 0. The topological polar surface area (TPSA) is 38.3 Å². The Morgan fingerprint density at radius 1 is 1.19 bits per heavy atom. The standard InChI is InChI=1S/C13H27NO2/c1-8-9-10(12(2,3)4)14-11(15)16-13(5,6)7/h10H,8-9H2,1-7H3,(H,14,15). The molecule has 0 radical (unpaired) electrons. The third-order valence-electron chi connectivity index (χ3n) is 2.31. The quantitative estimate of drug-likeness (QED) is 0.801. The maximum atomic E-state index is 11.7. The number of hydrogen-bond acceptors (Lipinski definition) is 2. The van der Waals surface area contributed by atoms with E-state index >= 15 is 0 Å². The predicted octanol–water partition coefficient (Wildman–Crippen LogP) is 3.73. The SMILES string of the molecule is CCCC(NC(=O)OC(C)(C)C)C(C)(C)C. The molecular weight excluding hydrogens is 202 g/mol. The Morgan fingerprint density at radius 3 is 2.00 bits per heavy atom. The van der Waals surface area contributed by atoms with Gasteiger partial charge in [-0.25, -0.2) is 4.79 Å². The minimum absolute atomic E-state index is 0.0624. The molecule has 0 heterocycles. The lowest BCUT2D eigenvalue weighted by molar-refractivity contribution is 0.0459. The third-order valence-corrected chi connectivity index (χ3v) is 2.31. The molecule has 0 saturated carbocycles. The van der Waals surface area contributed by atoms with Crippen LogP contribution in [0.2, 0.25) is 0 Å². The van der Waals surface area contributed by atoms with Crippen LogP contribution in [0.4, 0.5) is 4.79 Å². The first kappa shape index (κ1) is 15.3. The summed E-state index contributed by atoms with van der Waals surface area (Å²) in [5.41, 5.74) is -0.369. The number of alkyl carbamates (subject to hydrolysis) is 1. The highest BCUT2D eigenvalue weighted by molar-refractivity contribution is 5.68. The molecule has 1 unspecified atom stereocenters. The molecule has 0 aromatic heterocycles. The zero-order chi connectivity index (χ0) is 13.0. The van der Waals surface area contributed by atoms with Crippen molar-refractivity contribution in [1.82, 2.24) is 5.32 Å². The molecule has 16 heavy (non-hydrogen) atoms. The summed E-state index contributed by atoms with van der Waals surface area (Å²) in [4.78, 5) is 11.7. The number of nitrogens with one attached hydrogen (secondary N) is 1. The summed E-state index contributed by atoms with van der Waals surface area (Å²) in [7, 11) is 0. The van der Waals surface area contributed by atoms with Gasteiger partial charge in [-0.2, -0.15) is 0 Å². The Bertz CT molecular complexity index is 223. The van der Waals surface area contributed by atoms with Gasteiger partial charge in [0.2, 0.25) is 0 Å². The predicted molar refractivity (Wildman–Crippen MR) is 67.5 cm³/mol. The molecule has 0 bridgehead atoms. The van der Waals surface area contributed by atoms with Gasteiger partial charge < -0.3 is 10.1 Å². The second-order valence-electron chi connectivity index (χ2n) is 6.35. The highest BCUT2D eigenvalue weighted by atomic mass is 16.6. The number of carbonyl (C=O) groups is 1. The molecule has 3 nitrogen and oxygen atoms in total. The fraction of sp³-hybridized carbons (Fsp3) is 0.923. The molecule has 1 N–H and O–H groups in total. The van der Waals surface area contributed by atoms with Gasteiger partial charge in [0.05, 0.1) is 0 Å². The molecule has 96 valence electrons. The molecule has 0 aliphatic rings. The van der Waals surface area contributed by atoms with Crippen LogP contribution >= 0.6 is 0 Å². The lowest BCUT2D eigenvalue weighted by atomic mass is 9.84. The summed E-state index contributed by atoms with van der Waals surface area (Å²) in [5.74, 6) is 0. The van der Waals surface area contributed by atoms with Crippen molar-refractivity contribution in [3.8, 4) is 0 Å². The van der Waals surface area contributed by atoms with E-state index in [-0.39, 0.29) is 17.6 Å². The fourth-order valence-electron chi connectivity index (χ4n) is 1.46. The molecular formula is C13H27NO2.